The fourth-order valence-electron chi connectivity index (χ4n) is 3.15. The van der Waals surface area contributed by atoms with Crippen LogP contribution in [-0.2, 0) is 9.53 Å². The maximum absolute atomic E-state index is 12.6. The van der Waals surface area contributed by atoms with E-state index in [0.29, 0.717) is 32.5 Å². The third kappa shape index (κ3) is 4.54. The van der Waals surface area contributed by atoms with Gasteiger partial charge in [0.2, 0.25) is 5.91 Å². The average Bonchev–Trinajstić information content (AvgIpc) is 3.02. The van der Waals surface area contributed by atoms with E-state index in [2.05, 4.69) is 0 Å². The number of aliphatic hydroxyl groups is 1. The first-order valence-electron chi connectivity index (χ1n) is 8.23. The summed E-state index contributed by atoms with van der Waals surface area (Å²) in [5, 5.41) is 12.7. The number of amides is 1. The summed E-state index contributed by atoms with van der Waals surface area (Å²) in [6.07, 6.45) is 3.36. The minimum absolute atomic E-state index is 0.0249. The molecule has 0 radical (unpaired) electrons. The molecule has 5 heteroatoms. The predicted octanol–water partition coefficient (Wildman–Crippen LogP) is 3.37. The van der Waals surface area contributed by atoms with Gasteiger partial charge in [0.1, 0.15) is 6.10 Å². The van der Waals surface area contributed by atoms with E-state index >= 15 is 0 Å². The number of hydrogen-bond donors (Lipinski definition) is 1. The van der Waals surface area contributed by atoms with Gasteiger partial charge in [0, 0.05) is 11.4 Å². The Kier molecular flexibility index (Phi) is 6.41. The van der Waals surface area contributed by atoms with Gasteiger partial charge in [0.05, 0.1) is 25.2 Å². The van der Waals surface area contributed by atoms with Crippen LogP contribution in [0.1, 0.15) is 56.9 Å². The van der Waals surface area contributed by atoms with Crippen LogP contribution in [0.4, 0.5) is 0 Å². The number of morpholine rings is 1. The molecular formula is C17H27NO3S. The van der Waals surface area contributed by atoms with Gasteiger partial charge in [-0.1, -0.05) is 32.8 Å². The highest BCUT2D eigenvalue weighted by molar-refractivity contribution is 7.10. The Bertz CT molecular complexity index is 454. The Labute approximate surface area is 137 Å². The molecule has 1 unspecified atom stereocenters. The van der Waals surface area contributed by atoms with Gasteiger partial charge < -0.3 is 14.7 Å². The van der Waals surface area contributed by atoms with Crippen molar-refractivity contribution in [2.45, 2.75) is 57.7 Å². The number of carbonyl (C=O) groups is 1. The summed E-state index contributed by atoms with van der Waals surface area (Å²) in [4.78, 5) is 15.6. The van der Waals surface area contributed by atoms with Crippen molar-refractivity contribution < 1.29 is 14.6 Å². The lowest BCUT2D eigenvalue weighted by Crippen LogP contribution is -2.45. The molecule has 22 heavy (non-hydrogen) atoms. The van der Waals surface area contributed by atoms with Gasteiger partial charge in [0.25, 0.3) is 0 Å². The first kappa shape index (κ1) is 17.4. The molecule has 1 aliphatic rings. The van der Waals surface area contributed by atoms with E-state index in [1.807, 2.05) is 36.3 Å². The molecule has 1 aromatic rings. The molecule has 1 amide bonds. The Morgan fingerprint density at radius 1 is 1.45 bits per heavy atom. The van der Waals surface area contributed by atoms with Crippen LogP contribution in [-0.4, -0.2) is 41.2 Å². The molecule has 0 aliphatic carbocycles. The van der Waals surface area contributed by atoms with Gasteiger partial charge in [-0.2, -0.15) is 0 Å². The Morgan fingerprint density at radius 2 is 2.18 bits per heavy atom. The Balaban J connectivity index is 1.96. The number of carbonyl (C=O) groups excluding carboxylic acids is 1. The van der Waals surface area contributed by atoms with Crippen LogP contribution in [0.15, 0.2) is 17.5 Å². The van der Waals surface area contributed by atoms with E-state index in [1.165, 1.54) is 0 Å². The second kappa shape index (κ2) is 8.09. The van der Waals surface area contributed by atoms with Gasteiger partial charge >= 0.3 is 0 Å². The van der Waals surface area contributed by atoms with Gasteiger partial charge in [0.15, 0.2) is 0 Å². The van der Waals surface area contributed by atoms with E-state index < -0.39 is 5.60 Å². The van der Waals surface area contributed by atoms with Crippen LogP contribution in [0.3, 0.4) is 0 Å². The zero-order valence-corrected chi connectivity index (χ0v) is 14.4. The van der Waals surface area contributed by atoms with Crippen molar-refractivity contribution in [1.82, 2.24) is 4.90 Å². The molecule has 0 spiro atoms. The molecule has 1 aromatic heterocycles. The van der Waals surface area contributed by atoms with Crippen LogP contribution >= 0.6 is 11.3 Å². The van der Waals surface area contributed by atoms with Crippen molar-refractivity contribution in [2.24, 2.45) is 0 Å². The van der Waals surface area contributed by atoms with E-state index in [9.17, 15) is 9.90 Å². The first-order chi connectivity index (χ1) is 10.6. The molecule has 2 rings (SSSR count). The molecule has 1 saturated heterocycles. The molecule has 0 saturated carbocycles. The molecule has 1 N–H and O–H groups in total. The van der Waals surface area contributed by atoms with E-state index in [1.54, 1.807) is 11.3 Å². The molecule has 1 fully saturated rings. The number of nitrogens with zero attached hydrogens (tertiary/aromatic N) is 1. The molecule has 0 bridgehead atoms. The highest BCUT2D eigenvalue weighted by Crippen LogP contribution is 2.29. The third-order valence-electron chi connectivity index (χ3n) is 4.19. The van der Waals surface area contributed by atoms with Crippen LogP contribution in [0, 0.1) is 0 Å². The quantitative estimate of drug-likeness (QED) is 0.836. The smallest absolute Gasteiger partial charge is 0.225 e. The molecular weight excluding hydrogens is 298 g/mol. The summed E-state index contributed by atoms with van der Waals surface area (Å²) < 4.78 is 5.78. The molecule has 1 atom stereocenters. The highest BCUT2D eigenvalue weighted by atomic mass is 32.1. The molecule has 1 aliphatic heterocycles. The van der Waals surface area contributed by atoms with Gasteiger partial charge in [-0.15, -0.1) is 11.3 Å². The largest absolute Gasteiger partial charge is 0.389 e. The molecule has 0 aromatic carbocycles. The highest BCUT2D eigenvalue weighted by Gasteiger charge is 2.33. The monoisotopic (exact) mass is 325 g/mol. The SMILES string of the molecule is CCCC(O)(CCC)CC(=O)N1CCOC(c2cccs2)C1. The van der Waals surface area contributed by atoms with Crippen LogP contribution in [0.2, 0.25) is 0 Å². The van der Waals surface area contributed by atoms with Crippen LogP contribution in [0.25, 0.3) is 0 Å². The topological polar surface area (TPSA) is 49.8 Å². The lowest BCUT2D eigenvalue weighted by molar-refractivity contribution is -0.144. The van der Waals surface area contributed by atoms with Crippen LogP contribution < -0.4 is 0 Å². The minimum Gasteiger partial charge on any atom is -0.389 e. The van der Waals surface area contributed by atoms with E-state index in [4.69, 9.17) is 4.74 Å². The third-order valence-corrected chi connectivity index (χ3v) is 5.16. The van der Waals surface area contributed by atoms with Gasteiger partial charge in [-0.05, 0) is 24.3 Å². The van der Waals surface area contributed by atoms with Crippen LogP contribution in [0.5, 0.6) is 0 Å². The molecule has 4 nitrogen and oxygen atoms in total. The summed E-state index contributed by atoms with van der Waals surface area (Å²) in [7, 11) is 0. The summed E-state index contributed by atoms with van der Waals surface area (Å²) in [6, 6.07) is 4.05. The number of ether oxygens (including phenoxy) is 1. The number of thiophene rings is 1. The molecule has 2 heterocycles. The lowest BCUT2D eigenvalue weighted by atomic mass is 9.88. The van der Waals surface area contributed by atoms with Crippen molar-refractivity contribution in [1.29, 1.82) is 0 Å². The summed E-state index contributed by atoms with van der Waals surface area (Å²) in [6.45, 7) is 5.87. The second-order valence-corrected chi connectivity index (χ2v) is 7.09. The van der Waals surface area contributed by atoms with Crippen molar-refractivity contribution in [3.8, 4) is 0 Å². The minimum atomic E-state index is -0.850. The zero-order chi connectivity index (χ0) is 16.0. The van der Waals surface area contributed by atoms with Crippen molar-refractivity contribution in [3.05, 3.63) is 22.4 Å². The van der Waals surface area contributed by atoms with Gasteiger partial charge in [-0.3, -0.25) is 4.79 Å². The average molecular weight is 325 g/mol. The fraction of sp³-hybridized carbons (Fsp3) is 0.706. The Hall–Kier alpha value is -0.910. The van der Waals surface area contributed by atoms with Crippen molar-refractivity contribution >= 4 is 17.2 Å². The lowest BCUT2D eigenvalue weighted by Gasteiger charge is -2.35. The summed E-state index contributed by atoms with van der Waals surface area (Å²) >= 11 is 1.66. The van der Waals surface area contributed by atoms with Crippen molar-refractivity contribution in [3.63, 3.8) is 0 Å². The van der Waals surface area contributed by atoms with Crippen molar-refractivity contribution in [2.75, 3.05) is 19.7 Å². The number of rotatable bonds is 7. The maximum atomic E-state index is 12.6. The van der Waals surface area contributed by atoms with Gasteiger partial charge in [-0.25, -0.2) is 0 Å². The maximum Gasteiger partial charge on any atom is 0.225 e. The summed E-state index contributed by atoms with van der Waals surface area (Å²) in [5.41, 5.74) is -0.850. The molecule has 124 valence electrons. The van der Waals surface area contributed by atoms with E-state index in [0.717, 1.165) is 17.7 Å². The fourth-order valence-corrected chi connectivity index (χ4v) is 3.91. The Morgan fingerprint density at radius 3 is 2.77 bits per heavy atom. The van der Waals surface area contributed by atoms with E-state index in [-0.39, 0.29) is 18.4 Å². The zero-order valence-electron chi connectivity index (χ0n) is 13.6. The first-order valence-corrected chi connectivity index (χ1v) is 9.11. The predicted molar refractivity (Wildman–Crippen MR) is 89.0 cm³/mol. The summed E-state index contributed by atoms with van der Waals surface area (Å²) in [5.74, 6) is 0.0502. The second-order valence-electron chi connectivity index (χ2n) is 6.12. The normalized spacial score (nSPS) is 19.4. The standard InChI is InChI=1S/C17H27NO3S/c1-3-7-17(20,8-4-2)12-16(19)18-9-10-21-14(13-18)15-6-5-11-22-15/h5-6,11,14,20H,3-4,7-10,12-13H2,1-2H3. The number of hydrogen-bond acceptors (Lipinski definition) is 4.